The number of carbonyl (C=O) groups is 1. The van der Waals surface area contributed by atoms with Gasteiger partial charge in [-0.1, -0.05) is 28.1 Å². The van der Waals surface area contributed by atoms with Crippen molar-refractivity contribution in [3.8, 4) is 5.69 Å². The molecule has 1 aromatic heterocycles. The Morgan fingerprint density at radius 3 is 2.65 bits per heavy atom. The summed E-state index contributed by atoms with van der Waals surface area (Å²) in [6.45, 7) is 0. The topological polar surface area (TPSA) is 46.9 Å². The van der Waals surface area contributed by atoms with E-state index in [1.807, 2.05) is 24.3 Å². The molecule has 4 nitrogen and oxygen atoms in total. The predicted molar refractivity (Wildman–Crippen MR) is 90.0 cm³/mol. The van der Waals surface area contributed by atoms with Gasteiger partial charge in [0.1, 0.15) is 5.69 Å². The molecule has 0 atom stereocenters. The van der Waals surface area contributed by atoms with Gasteiger partial charge in [0.15, 0.2) is 5.82 Å². The molecule has 0 aliphatic heterocycles. The Morgan fingerprint density at radius 1 is 1.22 bits per heavy atom. The Bertz CT molecular complexity index is 816. The summed E-state index contributed by atoms with van der Waals surface area (Å²) in [4.78, 5) is 12.0. The lowest BCUT2D eigenvalue weighted by Crippen LogP contribution is -2.14. The Kier molecular flexibility index (Phi) is 4.52. The monoisotopic (exact) mass is 373 g/mol. The van der Waals surface area contributed by atoms with Gasteiger partial charge in [-0.05, 0) is 42.0 Å². The van der Waals surface area contributed by atoms with Crippen LogP contribution in [0.15, 0.2) is 65.4 Å². The van der Waals surface area contributed by atoms with E-state index in [1.54, 1.807) is 30.6 Å². The van der Waals surface area contributed by atoms with Crippen LogP contribution in [-0.2, 0) is 11.2 Å². The van der Waals surface area contributed by atoms with Crippen molar-refractivity contribution >= 4 is 27.5 Å². The lowest BCUT2D eigenvalue weighted by molar-refractivity contribution is -0.115. The Balaban J connectivity index is 1.69. The zero-order valence-electron chi connectivity index (χ0n) is 12.0. The summed E-state index contributed by atoms with van der Waals surface area (Å²) in [7, 11) is 0. The molecule has 3 rings (SSSR count). The molecule has 2 aromatic carbocycles. The van der Waals surface area contributed by atoms with Gasteiger partial charge in [0.05, 0.1) is 6.42 Å². The maximum absolute atomic E-state index is 14.1. The number of rotatable bonds is 4. The summed E-state index contributed by atoms with van der Waals surface area (Å²) < 4.78 is 16.5. The van der Waals surface area contributed by atoms with Crippen molar-refractivity contribution in [2.24, 2.45) is 0 Å². The standard InChI is InChI=1S/C17H13BrFN3O/c18-13-4-2-12(3-5-13)10-17(23)21-14-6-7-16(15(19)11-14)22-9-1-8-20-22/h1-9,11H,10H2,(H,21,23). The molecule has 0 spiro atoms. The van der Waals surface area contributed by atoms with Gasteiger partial charge in [0.2, 0.25) is 5.91 Å². The number of benzene rings is 2. The molecule has 1 amide bonds. The Labute approximate surface area is 141 Å². The summed E-state index contributed by atoms with van der Waals surface area (Å²) in [5.74, 6) is -0.645. The van der Waals surface area contributed by atoms with E-state index in [2.05, 4.69) is 26.3 Å². The molecule has 0 fully saturated rings. The minimum Gasteiger partial charge on any atom is -0.326 e. The molecule has 0 unspecified atom stereocenters. The Hall–Kier alpha value is -2.47. The number of anilines is 1. The van der Waals surface area contributed by atoms with Crippen molar-refractivity contribution in [3.05, 3.63) is 76.8 Å². The lowest BCUT2D eigenvalue weighted by atomic mass is 10.1. The number of carbonyl (C=O) groups excluding carboxylic acids is 1. The van der Waals surface area contributed by atoms with E-state index in [0.29, 0.717) is 11.4 Å². The highest BCUT2D eigenvalue weighted by Gasteiger charge is 2.09. The van der Waals surface area contributed by atoms with Crippen LogP contribution in [0.25, 0.3) is 5.69 Å². The molecule has 23 heavy (non-hydrogen) atoms. The molecule has 116 valence electrons. The second-order valence-corrected chi connectivity index (χ2v) is 5.88. The van der Waals surface area contributed by atoms with E-state index < -0.39 is 5.82 Å². The van der Waals surface area contributed by atoms with Gasteiger partial charge < -0.3 is 5.32 Å². The van der Waals surface area contributed by atoms with E-state index in [9.17, 15) is 9.18 Å². The maximum Gasteiger partial charge on any atom is 0.228 e. The second-order valence-electron chi connectivity index (χ2n) is 4.97. The molecule has 3 aromatic rings. The van der Waals surface area contributed by atoms with Gasteiger partial charge in [0, 0.05) is 22.6 Å². The molecule has 0 bridgehead atoms. The van der Waals surface area contributed by atoms with Crippen LogP contribution in [-0.4, -0.2) is 15.7 Å². The molecule has 6 heteroatoms. The number of hydrogen-bond acceptors (Lipinski definition) is 2. The highest BCUT2D eigenvalue weighted by Crippen LogP contribution is 2.18. The average molecular weight is 374 g/mol. The molecule has 0 saturated heterocycles. The first kappa shape index (κ1) is 15.4. The zero-order chi connectivity index (χ0) is 16.2. The van der Waals surface area contributed by atoms with Gasteiger partial charge >= 0.3 is 0 Å². The number of nitrogens with zero attached hydrogens (tertiary/aromatic N) is 2. The van der Waals surface area contributed by atoms with Crippen LogP contribution in [0, 0.1) is 5.82 Å². The molecular weight excluding hydrogens is 361 g/mol. The minimum atomic E-state index is -0.449. The molecule has 0 saturated carbocycles. The summed E-state index contributed by atoms with van der Waals surface area (Å²) in [6.07, 6.45) is 3.47. The second kappa shape index (κ2) is 6.75. The van der Waals surface area contributed by atoms with Crippen LogP contribution < -0.4 is 5.32 Å². The van der Waals surface area contributed by atoms with Crippen molar-refractivity contribution in [1.82, 2.24) is 9.78 Å². The smallest absolute Gasteiger partial charge is 0.228 e. The van der Waals surface area contributed by atoms with Crippen LogP contribution in [0.4, 0.5) is 10.1 Å². The third-order valence-corrected chi connectivity index (χ3v) is 3.79. The first-order valence-electron chi connectivity index (χ1n) is 6.96. The van der Waals surface area contributed by atoms with Gasteiger partial charge in [-0.3, -0.25) is 4.79 Å². The number of halogens is 2. The van der Waals surface area contributed by atoms with Crippen LogP contribution in [0.3, 0.4) is 0 Å². The van der Waals surface area contributed by atoms with Gasteiger partial charge in [0.25, 0.3) is 0 Å². The third-order valence-electron chi connectivity index (χ3n) is 3.26. The number of amides is 1. The summed E-state index contributed by atoms with van der Waals surface area (Å²) >= 11 is 3.35. The maximum atomic E-state index is 14.1. The fraction of sp³-hybridized carbons (Fsp3) is 0.0588. The molecule has 0 aliphatic carbocycles. The van der Waals surface area contributed by atoms with Crippen LogP contribution in [0.5, 0.6) is 0 Å². The highest BCUT2D eigenvalue weighted by molar-refractivity contribution is 9.10. The van der Waals surface area contributed by atoms with E-state index >= 15 is 0 Å². The summed E-state index contributed by atoms with van der Waals surface area (Å²) in [6, 6.07) is 13.7. The van der Waals surface area contributed by atoms with Crippen molar-refractivity contribution < 1.29 is 9.18 Å². The van der Waals surface area contributed by atoms with Crippen LogP contribution in [0.1, 0.15) is 5.56 Å². The molecule has 1 N–H and O–H groups in total. The van der Waals surface area contributed by atoms with Crippen molar-refractivity contribution in [2.75, 3.05) is 5.32 Å². The third kappa shape index (κ3) is 3.84. The predicted octanol–water partition coefficient (Wildman–Crippen LogP) is 3.96. The van der Waals surface area contributed by atoms with Crippen LogP contribution in [0.2, 0.25) is 0 Å². The van der Waals surface area contributed by atoms with E-state index in [-0.39, 0.29) is 12.3 Å². The average Bonchev–Trinajstić information content (AvgIpc) is 3.04. The van der Waals surface area contributed by atoms with Crippen molar-refractivity contribution in [3.63, 3.8) is 0 Å². The van der Waals surface area contributed by atoms with Gasteiger partial charge in [-0.25, -0.2) is 9.07 Å². The number of nitrogens with one attached hydrogen (secondary N) is 1. The largest absolute Gasteiger partial charge is 0.326 e. The first-order chi connectivity index (χ1) is 11.1. The van der Waals surface area contributed by atoms with E-state index in [4.69, 9.17) is 0 Å². The van der Waals surface area contributed by atoms with E-state index in [1.165, 1.54) is 10.7 Å². The van der Waals surface area contributed by atoms with Crippen LogP contribution >= 0.6 is 15.9 Å². The molecular formula is C17H13BrFN3O. The summed E-state index contributed by atoms with van der Waals surface area (Å²) in [5.41, 5.74) is 1.64. The fourth-order valence-electron chi connectivity index (χ4n) is 2.17. The number of aromatic nitrogens is 2. The lowest BCUT2D eigenvalue weighted by Gasteiger charge is -2.08. The molecule has 0 aliphatic rings. The molecule has 1 heterocycles. The first-order valence-corrected chi connectivity index (χ1v) is 7.75. The Morgan fingerprint density at radius 2 is 2.00 bits per heavy atom. The fourth-order valence-corrected chi connectivity index (χ4v) is 2.44. The van der Waals surface area contributed by atoms with Gasteiger partial charge in [-0.2, -0.15) is 5.10 Å². The SMILES string of the molecule is O=C(Cc1ccc(Br)cc1)Nc1ccc(-n2cccn2)c(F)c1. The number of hydrogen-bond donors (Lipinski definition) is 1. The zero-order valence-corrected chi connectivity index (χ0v) is 13.6. The normalized spacial score (nSPS) is 10.5. The van der Waals surface area contributed by atoms with Crippen molar-refractivity contribution in [2.45, 2.75) is 6.42 Å². The highest BCUT2D eigenvalue weighted by atomic mass is 79.9. The minimum absolute atomic E-state index is 0.196. The molecule has 0 radical (unpaired) electrons. The van der Waals surface area contributed by atoms with Crippen molar-refractivity contribution in [1.29, 1.82) is 0 Å². The quantitative estimate of drug-likeness (QED) is 0.752. The summed E-state index contributed by atoms with van der Waals surface area (Å²) in [5, 5.41) is 6.68. The van der Waals surface area contributed by atoms with E-state index in [0.717, 1.165) is 10.0 Å². The van der Waals surface area contributed by atoms with Gasteiger partial charge in [-0.15, -0.1) is 0 Å².